The monoisotopic (exact) mass is 1050 g/mol. The van der Waals surface area contributed by atoms with Crippen LogP contribution < -0.4 is 0 Å². The van der Waals surface area contributed by atoms with Gasteiger partial charge in [0.15, 0.2) is 5.58 Å². The molecule has 0 unspecified atom stereocenters. The van der Waals surface area contributed by atoms with Gasteiger partial charge in [0.05, 0.1) is 79.0 Å². The molecule has 0 aliphatic rings. The third-order valence-corrected chi connectivity index (χ3v) is 17.6. The number of benzene rings is 13. The molecule has 5 aromatic heterocycles. The van der Waals surface area contributed by atoms with Crippen molar-refractivity contribution in [1.29, 1.82) is 5.26 Å². The Morgan fingerprint density at radius 2 is 0.759 bits per heavy atom. The van der Waals surface area contributed by atoms with Crippen molar-refractivity contribution in [2.75, 3.05) is 0 Å². The Balaban J connectivity index is 1.15. The van der Waals surface area contributed by atoms with Gasteiger partial charge in [0, 0.05) is 53.9 Å². The van der Waals surface area contributed by atoms with Crippen LogP contribution in [0.3, 0.4) is 0 Å². The lowest BCUT2D eigenvalue weighted by atomic mass is 9.92. The van der Waals surface area contributed by atoms with Gasteiger partial charge in [-0.3, -0.25) is 0 Å². The number of furan rings is 1. The highest BCUT2D eigenvalue weighted by Gasteiger charge is 2.36. The van der Waals surface area contributed by atoms with E-state index in [0.29, 0.717) is 39.6 Å². The first-order chi connectivity index (χ1) is 41.2. The fourth-order valence-corrected chi connectivity index (χ4v) is 14.3. The van der Waals surface area contributed by atoms with Gasteiger partial charge in [-0.2, -0.15) is 5.26 Å². The summed E-state index contributed by atoms with van der Waals surface area (Å²) in [4.78, 5) is 4.83. The second-order valence-corrected chi connectivity index (χ2v) is 21.6. The smallest absolute Gasteiger partial charge is 0.237 e. The van der Waals surface area contributed by atoms with E-state index in [1.165, 1.54) is 16.2 Å². The number of nitrogens with zero attached hydrogens (tertiary/aromatic N) is 6. The van der Waals surface area contributed by atoms with Gasteiger partial charge in [0.25, 0.3) is 0 Å². The zero-order valence-corrected chi connectivity index (χ0v) is 44.3. The van der Waals surface area contributed by atoms with Gasteiger partial charge in [-0.1, -0.05) is 200 Å². The third kappa shape index (κ3) is 5.99. The van der Waals surface area contributed by atoms with Crippen LogP contribution in [0.5, 0.6) is 0 Å². The Kier molecular flexibility index (Phi) is 9.23. The minimum Gasteiger partial charge on any atom is -0.454 e. The average Bonchev–Trinajstić information content (AvgIpc) is 1.84. The molecule has 382 valence electrons. The largest absolute Gasteiger partial charge is 0.454 e. The molecule has 0 bridgehead atoms. The summed E-state index contributed by atoms with van der Waals surface area (Å²) in [5.41, 5.74) is 13.8. The highest BCUT2D eigenvalue weighted by Crippen LogP contribution is 2.54. The topological polar surface area (TPSA) is 61.0 Å². The lowest BCUT2D eigenvalue weighted by Gasteiger charge is -2.27. The molecule has 0 saturated carbocycles. The predicted molar refractivity (Wildman–Crippen MR) is 343 cm³/mol. The van der Waals surface area contributed by atoms with E-state index in [1.54, 1.807) is 0 Å². The van der Waals surface area contributed by atoms with Crippen molar-refractivity contribution in [1.82, 2.24) is 18.3 Å². The fourth-order valence-electron chi connectivity index (χ4n) is 14.3. The SMILES string of the molecule is [C-]#[N+]c1c(-n2c3ccccc3c3ccccc32)c(C#N)c(-n2c3ccccc3c3ccccc32)c(-n2c3cccc(-c4cccc5c4ccc4ccccc45)c3c3ccc4c5ccccc5oc4c32)c1-n1c2ccccc2c2ccccc21. The molecule has 0 radical (unpaired) electrons. The number of rotatable bonds is 5. The van der Waals surface area contributed by atoms with Gasteiger partial charge in [-0.25, -0.2) is 4.85 Å². The summed E-state index contributed by atoms with van der Waals surface area (Å²) in [7, 11) is 0. The van der Waals surface area contributed by atoms with E-state index < -0.39 is 0 Å². The Bertz CT molecular complexity index is 5670. The molecule has 18 rings (SSSR count). The Hall–Kier alpha value is -11.6. The molecule has 83 heavy (non-hydrogen) atoms. The van der Waals surface area contributed by atoms with Crippen LogP contribution in [0.1, 0.15) is 5.56 Å². The normalized spacial score (nSPS) is 12.1. The van der Waals surface area contributed by atoms with Crippen molar-refractivity contribution < 1.29 is 4.42 Å². The van der Waals surface area contributed by atoms with Crippen LogP contribution >= 0.6 is 0 Å². The molecule has 0 amide bonds. The summed E-state index contributed by atoms with van der Waals surface area (Å²) in [6.45, 7) is 9.93. The lowest BCUT2D eigenvalue weighted by Crippen LogP contribution is -2.14. The maximum atomic E-state index is 12.7. The summed E-state index contributed by atoms with van der Waals surface area (Å²) in [6.07, 6.45) is 0. The number of aromatic nitrogens is 4. The summed E-state index contributed by atoms with van der Waals surface area (Å²) in [5.74, 6) is 0. The van der Waals surface area contributed by atoms with E-state index in [9.17, 15) is 11.8 Å². The first-order valence-electron chi connectivity index (χ1n) is 27.9. The first-order valence-corrected chi connectivity index (χ1v) is 27.9. The molecule has 0 atom stereocenters. The summed E-state index contributed by atoms with van der Waals surface area (Å²) in [5, 5.41) is 27.6. The van der Waals surface area contributed by atoms with Crippen LogP contribution in [0.2, 0.25) is 0 Å². The standard InChI is InChI=1S/C76H42N6O/c1-78-70-71(79-61-32-11-4-22-50(61)51-23-5-12-33-62(51)79)60(44-77)72(80-63-34-13-6-24-52(63)53-25-7-14-35-64(53)80)75(74(70)81-65-36-15-8-26-54(65)55-27-9-16-37-66(55)81)82-67-38-19-31-57(48-30-18-29-47-46-21-3-2-20-45(46)40-41-49(47)48)69(67)59-43-42-58-56-28-10-17-39-68(56)83-76(58)73(59)82/h2-43H. The summed E-state index contributed by atoms with van der Waals surface area (Å²) < 4.78 is 16.4. The van der Waals surface area contributed by atoms with E-state index >= 15 is 0 Å². The molecule has 7 heteroatoms. The van der Waals surface area contributed by atoms with Gasteiger partial charge in [0.2, 0.25) is 5.69 Å². The Labute approximate surface area is 473 Å². The lowest BCUT2D eigenvalue weighted by molar-refractivity contribution is 0.671. The van der Waals surface area contributed by atoms with Crippen molar-refractivity contribution in [3.63, 3.8) is 0 Å². The number of hydrogen-bond donors (Lipinski definition) is 0. The highest BCUT2D eigenvalue weighted by molar-refractivity contribution is 6.27. The first kappa shape index (κ1) is 45.2. The number of para-hydroxylation sites is 7. The maximum absolute atomic E-state index is 12.7. The van der Waals surface area contributed by atoms with Crippen molar-refractivity contribution in [3.05, 3.63) is 272 Å². The molecule has 0 aliphatic carbocycles. The van der Waals surface area contributed by atoms with E-state index in [2.05, 4.69) is 255 Å². The second-order valence-electron chi connectivity index (χ2n) is 21.6. The second kappa shape index (κ2) is 16.9. The van der Waals surface area contributed by atoms with Crippen molar-refractivity contribution in [2.24, 2.45) is 0 Å². The molecule has 0 spiro atoms. The summed E-state index contributed by atoms with van der Waals surface area (Å²) in [6, 6.07) is 92.7. The molecular weight excluding hydrogens is 1010 g/mol. The van der Waals surface area contributed by atoms with Gasteiger partial charge < -0.3 is 22.7 Å². The van der Waals surface area contributed by atoms with Crippen LogP contribution in [0.15, 0.2) is 259 Å². The predicted octanol–water partition coefficient (Wildman–Crippen LogP) is 20.4. The van der Waals surface area contributed by atoms with E-state index in [4.69, 9.17) is 9.26 Å². The molecule has 7 nitrogen and oxygen atoms in total. The van der Waals surface area contributed by atoms with Crippen molar-refractivity contribution in [3.8, 4) is 39.9 Å². The quantitative estimate of drug-likeness (QED) is 0.127. The highest BCUT2D eigenvalue weighted by atomic mass is 16.3. The van der Waals surface area contributed by atoms with Gasteiger partial charge in [-0.15, -0.1) is 0 Å². The maximum Gasteiger partial charge on any atom is 0.237 e. The molecule has 0 saturated heterocycles. The van der Waals surface area contributed by atoms with Gasteiger partial charge in [-0.05, 0) is 87.3 Å². The molecule has 5 heterocycles. The number of hydrogen-bond acceptors (Lipinski definition) is 2. The molecule has 0 aliphatic heterocycles. The van der Waals surface area contributed by atoms with Crippen LogP contribution in [0.25, 0.3) is 169 Å². The zero-order chi connectivity index (χ0) is 54.6. The molecule has 0 fully saturated rings. The minimum atomic E-state index is 0.322. The average molecular weight is 1060 g/mol. The fraction of sp³-hybridized carbons (Fsp3) is 0. The summed E-state index contributed by atoms with van der Waals surface area (Å²) >= 11 is 0. The Morgan fingerprint density at radius 1 is 0.325 bits per heavy atom. The van der Waals surface area contributed by atoms with Crippen LogP contribution in [-0.4, -0.2) is 18.3 Å². The van der Waals surface area contributed by atoms with Crippen LogP contribution in [0.4, 0.5) is 5.69 Å². The minimum absolute atomic E-state index is 0.322. The van der Waals surface area contributed by atoms with Gasteiger partial charge >= 0.3 is 0 Å². The van der Waals surface area contributed by atoms with Crippen LogP contribution in [0, 0.1) is 17.9 Å². The molecular formula is C76H42N6O. The zero-order valence-electron chi connectivity index (χ0n) is 44.3. The number of nitriles is 1. The third-order valence-electron chi connectivity index (χ3n) is 17.6. The van der Waals surface area contributed by atoms with E-state index in [0.717, 1.165) is 120 Å². The Morgan fingerprint density at radius 3 is 1.33 bits per heavy atom. The van der Waals surface area contributed by atoms with E-state index in [1.807, 2.05) is 24.3 Å². The number of fused-ring (bicyclic) bond motifs is 19. The molecule has 0 N–H and O–H groups in total. The van der Waals surface area contributed by atoms with Crippen LogP contribution in [-0.2, 0) is 0 Å². The van der Waals surface area contributed by atoms with Gasteiger partial charge in [0.1, 0.15) is 11.7 Å². The van der Waals surface area contributed by atoms with Crippen molar-refractivity contribution in [2.45, 2.75) is 0 Å². The van der Waals surface area contributed by atoms with Crippen molar-refractivity contribution >= 4 is 136 Å². The van der Waals surface area contributed by atoms with E-state index in [-0.39, 0.29) is 0 Å². The molecule has 13 aromatic carbocycles. The molecule has 18 aromatic rings.